The number of H-pyrrole nitrogens is 1. The van der Waals surface area contributed by atoms with Gasteiger partial charge in [-0.25, -0.2) is 13.4 Å². The maximum atomic E-state index is 12.0. The van der Waals surface area contributed by atoms with Crippen molar-refractivity contribution in [1.29, 1.82) is 0 Å². The van der Waals surface area contributed by atoms with Crippen LogP contribution >= 0.6 is 12.2 Å². The maximum absolute atomic E-state index is 12.0. The molecule has 0 radical (unpaired) electrons. The molecule has 8 heteroatoms. The van der Waals surface area contributed by atoms with Crippen LogP contribution in [0.15, 0.2) is 11.2 Å². The molecular weight excluding hydrogens is 260 g/mol. The summed E-state index contributed by atoms with van der Waals surface area (Å²) >= 11 is 4.71. The highest BCUT2D eigenvalue weighted by Gasteiger charge is 2.22. The van der Waals surface area contributed by atoms with Gasteiger partial charge in [0.25, 0.3) is 10.0 Å². The molecule has 0 aromatic carbocycles. The summed E-state index contributed by atoms with van der Waals surface area (Å²) in [6, 6.07) is 0. The third kappa shape index (κ3) is 3.48. The van der Waals surface area contributed by atoms with Crippen LogP contribution in [-0.4, -0.2) is 41.3 Å². The fourth-order valence-electron chi connectivity index (χ4n) is 1.21. The minimum atomic E-state index is -3.52. The first-order valence-corrected chi connectivity index (χ1v) is 7.01. The predicted octanol–water partition coefficient (Wildman–Crippen LogP) is 0.269. The first kappa shape index (κ1) is 14.1. The Kier molecular flexibility index (Phi) is 4.61. The zero-order valence-corrected chi connectivity index (χ0v) is 11.4. The van der Waals surface area contributed by atoms with Crippen LogP contribution in [0.3, 0.4) is 0 Å². The topological polar surface area (TPSA) is 92.1 Å². The van der Waals surface area contributed by atoms with E-state index in [1.807, 2.05) is 6.92 Å². The number of imidazole rings is 1. The van der Waals surface area contributed by atoms with Crippen LogP contribution in [-0.2, 0) is 16.4 Å². The Labute approximate surface area is 106 Å². The van der Waals surface area contributed by atoms with Crippen LogP contribution in [0.5, 0.6) is 0 Å². The zero-order chi connectivity index (χ0) is 13.1. The number of rotatable bonds is 6. The summed E-state index contributed by atoms with van der Waals surface area (Å²) in [5.41, 5.74) is 5.34. The van der Waals surface area contributed by atoms with Gasteiger partial charge in [-0.05, 0) is 0 Å². The number of thiocarbonyl (C=S) groups is 1. The highest BCUT2D eigenvalue weighted by Crippen LogP contribution is 2.12. The average Bonchev–Trinajstić information content (AvgIpc) is 2.74. The van der Waals surface area contributed by atoms with Crippen molar-refractivity contribution in [2.75, 3.05) is 13.6 Å². The van der Waals surface area contributed by atoms with Gasteiger partial charge in [0.15, 0.2) is 5.03 Å². The molecular formula is C9H16N4O2S2. The minimum absolute atomic E-state index is 0.0970. The fraction of sp³-hybridized carbons (Fsp3) is 0.556. The number of aromatic amines is 1. The van der Waals surface area contributed by atoms with Crippen molar-refractivity contribution in [1.82, 2.24) is 14.3 Å². The van der Waals surface area contributed by atoms with Crippen molar-refractivity contribution < 1.29 is 8.42 Å². The van der Waals surface area contributed by atoms with Crippen molar-refractivity contribution in [3.05, 3.63) is 12.0 Å². The lowest BCUT2D eigenvalue weighted by atomic mass is 10.4. The highest BCUT2D eigenvalue weighted by molar-refractivity contribution is 7.89. The van der Waals surface area contributed by atoms with Crippen molar-refractivity contribution in [3.63, 3.8) is 0 Å². The first-order chi connectivity index (χ1) is 7.87. The molecule has 0 amide bonds. The van der Waals surface area contributed by atoms with Crippen molar-refractivity contribution in [2.24, 2.45) is 5.73 Å². The van der Waals surface area contributed by atoms with Crippen LogP contribution in [0.25, 0.3) is 0 Å². The highest BCUT2D eigenvalue weighted by atomic mass is 32.2. The summed E-state index contributed by atoms with van der Waals surface area (Å²) in [5, 5.41) is 0.0970. The number of aryl methyl sites for hydroxylation is 1. The SMILES string of the molecule is CCc1ncc(S(=O)(=O)N(C)CCC(N)=S)[nH]1. The molecule has 0 atom stereocenters. The summed E-state index contributed by atoms with van der Waals surface area (Å²) in [5.74, 6) is 0.645. The molecule has 1 aromatic heterocycles. The van der Waals surface area contributed by atoms with Gasteiger partial charge in [0.2, 0.25) is 0 Å². The van der Waals surface area contributed by atoms with Gasteiger partial charge < -0.3 is 10.7 Å². The monoisotopic (exact) mass is 276 g/mol. The van der Waals surface area contributed by atoms with E-state index in [4.69, 9.17) is 18.0 Å². The molecule has 1 heterocycles. The van der Waals surface area contributed by atoms with E-state index in [-0.39, 0.29) is 11.6 Å². The van der Waals surface area contributed by atoms with Crippen molar-refractivity contribution in [3.8, 4) is 0 Å². The van der Waals surface area contributed by atoms with E-state index in [1.54, 1.807) is 0 Å². The number of hydrogen-bond donors (Lipinski definition) is 2. The Hall–Kier alpha value is -0.990. The van der Waals surface area contributed by atoms with Gasteiger partial charge in [0, 0.05) is 26.4 Å². The lowest BCUT2D eigenvalue weighted by molar-refractivity contribution is 0.476. The average molecular weight is 276 g/mol. The third-order valence-electron chi connectivity index (χ3n) is 2.30. The Morgan fingerprint density at radius 2 is 2.29 bits per heavy atom. The standard InChI is InChI=1S/C9H16N4O2S2/c1-3-8-11-6-9(12-8)17(14,15)13(2)5-4-7(10)16/h6H,3-5H2,1-2H3,(H2,10,16)(H,11,12). The number of nitrogens with two attached hydrogens (primary N) is 1. The Balaban J connectivity index is 2.83. The van der Waals surface area contributed by atoms with Gasteiger partial charge in [0.05, 0.1) is 11.2 Å². The van der Waals surface area contributed by atoms with E-state index in [1.165, 1.54) is 17.5 Å². The summed E-state index contributed by atoms with van der Waals surface area (Å²) in [4.78, 5) is 7.03. The summed E-state index contributed by atoms with van der Waals surface area (Å²) < 4.78 is 25.3. The Morgan fingerprint density at radius 1 is 1.65 bits per heavy atom. The minimum Gasteiger partial charge on any atom is -0.393 e. The second-order valence-electron chi connectivity index (χ2n) is 3.59. The molecule has 0 aliphatic heterocycles. The molecule has 0 fully saturated rings. The molecule has 1 aromatic rings. The van der Waals surface area contributed by atoms with E-state index in [9.17, 15) is 8.42 Å². The summed E-state index contributed by atoms with van der Waals surface area (Å²) in [6.45, 7) is 2.16. The zero-order valence-electron chi connectivity index (χ0n) is 9.80. The molecule has 0 unspecified atom stereocenters. The van der Waals surface area contributed by atoms with Gasteiger partial charge >= 0.3 is 0 Å². The van der Waals surface area contributed by atoms with E-state index < -0.39 is 10.0 Å². The largest absolute Gasteiger partial charge is 0.393 e. The molecule has 0 bridgehead atoms. The smallest absolute Gasteiger partial charge is 0.259 e. The van der Waals surface area contributed by atoms with E-state index >= 15 is 0 Å². The van der Waals surface area contributed by atoms with Crippen LogP contribution in [0.2, 0.25) is 0 Å². The van der Waals surface area contributed by atoms with Crippen LogP contribution in [0.4, 0.5) is 0 Å². The van der Waals surface area contributed by atoms with Gasteiger partial charge in [-0.15, -0.1) is 0 Å². The number of sulfonamides is 1. The third-order valence-corrected chi connectivity index (χ3v) is 4.27. The molecule has 17 heavy (non-hydrogen) atoms. The van der Waals surface area contributed by atoms with Crippen LogP contribution < -0.4 is 5.73 Å². The predicted molar refractivity (Wildman–Crippen MR) is 69.2 cm³/mol. The van der Waals surface area contributed by atoms with Gasteiger partial charge in [0.1, 0.15) is 5.82 Å². The number of hydrogen-bond acceptors (Lipinski definition) is 4. The summed E-state index contributed by atoms with van der Waals surface area (Å²) in [7, 11) is -2.04. The Morgan fingerprint density at radius 3 is 2.76 bits per heavy atom. The van der Waals surface area contributed by atoms with Gasteiger partial charge in [-0.2, -0.15) is 4.31 Å². The Bertz CT molecular complexity index is 495. The van der Waals surface area contributed by atoms with E-state index in [2.05, 4.69) is 9.97 Å². The lowest BCUT2D eigenvalue weighted by Gasteiger charge is -2.15. The molecule has 0 aliphatic rings. The van der Waals surface area contributed by atoms with Crippen molar-refractivity contribution in [2.45, 2.75) is 24.8 Å². The van der Waals surface area contributed by atoms with E-state index in [0.29, 0.717) is 23.7 Å². The number of aromatic nitrogens is 2. The molecule has 0 saturated heterocycles. The van der Waals surface area contributed by atoms with Gasteiger partial charge in [-0.3, -0.25) is 0 Å². The van der Waals surface area contributed by atoms with E-state index in [0.717, 1.165) is 0 Å². The lowest BCUT2D eigenvalue weighted by Crippen LogP contribution is -2.30. The van der Waals surface area contributed by atoms with Crippen molar-refractivity contribution >= 4 is 27.2 Å². The normalized spacial score (nSPS) is 11.9. The molecule has 0 spiro atoms. The molecule has 0 aliphatic carbocycles. The fourth-order valence-corrected chi connectivity index (χ4v) is 2.40. The maximum Gasteiger partial charge on any atom is 0.259 e. The summed E-state index contributed by atoms with van der Waals surface area (Å²) in [6.07, 6.45) is 2.34. The molecule has 96 valence electrons. The molecule has 3 N–H and O–H groups in total. The van der Waals surface area contributed by atoms with Crippen LogP contribution in [0, 0.1) is 0 Å². The molecule has 0 saturated carbocycles. The second kappa shape index (κ2) is 5.56. The molecule has 1 rings (SSSR count). The van der Waals surface area contributed by atoms with Gasteiger partial charge in [-0.1, -0.05) is 19.1 Å². The molecule has 6 nitrogen and oxygen atoms in total. The quantitative estimate of drug-likeness (QED) is 0.728. The second-order valence-corrected chi connectivity index (χ2v) is 6.13. The number of nitrogens with one attached hydrogen (secondary N) is 1. The number of nitrogens with zero attached hydrogens (tertiary/aromatic N) is 2. The van der Waals surface area contributed by atoms with Crippen LogP contribution in [0.1, 0.15) is 19.2 Å². The first-order valence-electron chi connectivity index (χ1n) is 5.16.